The van der Waals surface area contributed by atoms with Crippen LogP contribution in [-0.4, -0.2) is 70.9 Å². The van der Waals surface area contributed by atoms with Crippen LogP contribution in [0.25, 0.3) is 11.5 Å². The van der Waals surface area contributed by atoms with Crippen LogP contribution < -0.4 is 4.74 Å². The van der Waals surface area contributed by atoms with E-state index in [1.807, 2.05) is 29.2 Å². The van der Waals surface area contributed by atoms with E-state index in [2.05, 4.69) is 10.2 Å². The fourth-order valence-corrected chi connectivity index (χ4v) is 4.09. The number of piperazine rings is 1. The number of thioether (sulfide) groups is 1. The second-order valence-corrected chi connectivity index (χ2v) is 8.15. The molecule has 2 heterocycles. The van der Waals surface area contributed by atoms with Crippen molar-refractivity contribution >= 4 is 23.6 Å². The molecule has 0 radical (unpaired) electrons. The SMILES string of the molecule is COc1ccc(-c2nnc(SCC(=O)N3CCN(C(=O)C4CCC4)CC3)o2)cc1. The Morgan fingerprint density at radius 3 is 2.41 bits per heavy atom. The van der Waals surface area contributed by atoms with Gasteiger partial charge in [0.1, 0.15) is 5.75 Å². The zero-order valence-corrected chi connectivity index (χ0v) is 17.2. The molecule has 1 aromatic carbocycles. The summed E-state index contributed by atoms with van der Waals surface area (Å²) >= 11 is 1.23. The van der Waals surface area contributed by atoms with Gasteiger partial charge in [0.05, 0.1) is 12.9 Å². The molecule has 154 valence electrons. The van der Waals surface area contributed by atoms with Gasteiger partial charge in [0.15, 0.2) is 0 Å². The van der Waals surface area contributed by atoms with Gasteiger partial charge < -0.3 is 19.0 Å². The van der Waals surface area contributed by atoms with Gasteiger partial charge >= 0.3 is 0 Å². The Balaban J connectivity index is 1.24. The van der Waals surface area contributed by atoms with Gasteiger partial charge in [0.2, 0.25) is 17.7 Å². The molecule has 2 aromatic rings. The predicted molar refractivity (Wildman–Crippen MR) is 108 cm³/mol. The minimum absolute atomic E-state index is 0.0231. The molecule has 9 heteroatoms. The number of amides is 2. The summed E-state index contributed by atoms with van der Waals surface area (Å²) < 4.78 is 10.8. The Labute approximate surface area is 173 Å². The van der Waals surface area contributed by atoms with Gasteiger partial charge in [-0.2, -0.15) is 0 Å². The highest BCUT2D eigenvalue weighted by molar-refractivity contribution is 7.99. The molecule has 0 spiro atoms. The molecule has 1 aromatic heterocycles. The molecular formula is C20H24N4O4S. The first-order chi connectivity index (χ1) is 14.1. The summed E-state index contributed by atoms with van der Waals surface area (Å²) in [4.78, 5) is 28.5. The van der Waals surface area contributed by atoms with E-state index in [0.717, 1.165) is 30.6 Å². The number of carbonyl (C=O) groups is 2. The van der Waals surface area contributed by atoms with Crippen molar-refractivity contribution in [2.24, 2.45) is 5.92 Å². The Morgan fingerprint density at radius 1 is 1.10 bits per heavy atom. The molecule has 1 aliphatic heterocycles. The van der Waals surface area contributed by atoms with Crippen molar-refractivity contribution in [3.63, 3.8) is 0 Å². The van der Waals surface area contributed by atoms with Crippen LogP contribution in [0.5, 0.6) is 5.75 Å². The Bertz CT molecular complexity index is 858. The quantitative estimate of drug-likeness (QED) is 0.668. The second kappa shape index (κ2) is 8.86. The molecule has 0 unspecified atom stereocenters. The maximum absolute atomic E-state index is 12.5. The van der Waals surface area contributed by atoms with Crippen molar-refractivity contribution in [3.05, 3.63) is 24.3 Å². The third-order valence-electron chi connectivity index (χ3n) is 5.46. The standard InChI is InChI=1S/C20H24N4O4S/c1-27-16-7-5-14(6-8-16)18-21-22-20(28-18)29-13-17(25)23-9-11-24(12-10-23)19(26)15-3-2-4-15/h5-8,15H,2-4,9-13H2,1H3. The fourth-order valence-electron chi connectivity index (χ4n) is 3.42. The number of benzene rings is 1. The molecule has 1 saturated heterocycles. The molecular weight excluding hydrogens is 392 g/mol. The molecule has 0 bridgehead atoms. The van der Waals surface area contributed by atoms with Crippen LogP contribution in [0.3, 0.4) is 0 Å². The van der Waals surface area contributed by atoms with Gasteiger partial charge in [-0.25, -0.2) is 0 Å². The highest BCUT2D eigenvalue weighted by Crippen LogP contribution is 2.29. The number of carbonyl (C=O) groups excluding carboxylic acids is 2. The fraction of sp³-hybridized carbons (Fsp3) is 0.500. The summed E-state index contributed by atoms with van der Waals surface area (Å²) in [6, 6.07) is 7.34. The van der Waals surface area contributed by atoms with Crippen molar-refractivity contribution in [1.29, 1.82) is 0 Å². The second-order valence-electron chi connectivity index (χ2n) is 7.22. The molecule has 2 aliphatic rings. The molecule has 8 nitrogen and oxygen atoms in total. The van der Waals surface area contributed by atoms with Crippen LogP contribution in [0.4, 0.5) is 0 Å². The van der Waals surface area contributed by atoms with Crippen LogP contribution in [0, 0.1) is 5.92 Å². The van der Waals surface area contributed by atoms with Crippen LogP contribution in [-0.2, 0) is 9.59 Å². The van der Waals surface area contributed by atoms with Crippen molar-refractivity contribution < 1.29 is 18.7 Å². The van der Waals surface area contributed by atoms with Gasteiger partial charge in [0.25, 0.3) is 5.22 Å². The van der Waals surface area contributed by atoms with E-state index in [-0.39, 0.29) is 23.5 Å². The first-order valence-electron chi connectivity index (χ1n) is 9.81. The normalized spacial score (nSPS) is 17.1. The van der Waals surface area contributed by atoms with E-state index in [4.69, 9.17) is 9.15 Å². The first kappa shape index (κ1) is 19.8. The molecule has 2 amide bonds. The molecule has 2 fully saturated rings. The number of methoxy groups -OCH3 is 1. The van der Waals surface area contributed by atoms with Crippen LogP contribution in [0.2, 0.25) is 0 Å². The largest absolute Gasteiger partial charge is 0.497 e. The number of ether oxygens (including phenoxy) is 1. The van der Waals surface area contributed by atoms with Crippen LogP contribution in [0.1, 0.15) is 19.3 Å². The van der Waals surface area contributed by atoms with Gasteiger partial charge in [0, 0.05) is 37.7 Å². The smallest absolute Gasteiger partial charge is 0.277 e. The lowest BCUT2D eigenvalue weighted by atomic mass is 9.84. The minimum Gasteiger partial charge on any atom is -0.497 e. The first-order valence-corrected chi connectivity index (χ1v) is 10.8. The lowest BCUT2D eigenvalue weighted by molar-refractivity contribution is -0.143. The van der Waals surface area contributed by atoms with Gasteiger partial charge in [-0.15, -0.1) is 10.2 Å². The molecule has 29 heavy (non-hydrogen) atoms. The summed E-state index contributed by atoms with van der Waals surface area (Å²) in [5.41, 5.74) is 0.795. The van der Waals surface area contributed by atoms with E-state index < -0.39 is 0 Å². The average Bonchev–Trinajstić information content (AvgIpc) is 3.20. The maximum atomic E-state index is 12.5. The Kier molecular flexibility index (Phi) is 6.03. The zero-order valence-electron chi connectivity index (χ0n) is 16.4. The van der Waals surface area contributed by atoms with Crippen molar-refractivity contribution in [3.8, 4) is 17.2 Å². The van der Waals surface area contributed by atoms with Crippen LogP contribution in [0.15, 0.2) is 33.9 Å². The third-order valence-corrected chi connectivity index (χ3v) is 6.26. The summed E-state index contributed by atoms with van der Waals surface area (Å²) in [6.45, 7) is 2.40. The summed E-state index contributed by atoms with van der Waals surface area (Å²) in [5, 5.41) is 8.42. The summed E-state index contributed by atoms with van der Waals surface area (Å²) in [6.07, 6.45) is 3.18. The topological polar surface area (TPSA) is 88.8 Å². The lowest BCUT2D eigenvalue weighted by Crippen LogP contribution is -2.53. The highest BCUT2D eigenvalue weighted by Gasteiger charge is 2.32. The number of aromatic nitrogens is 2. The molecule has 1 aliphatic carbocycles. The monoisotopic (exact) mass is 416 g/mol. The van der Waals surface area contributed by atoms with Gasteiger partial charge in [-0.05, 0) is 37.1 Å². The molecule has 0 N–H and O–H groups in total. The van der Waals surface area contributed by atoms with Crippen molar-refractivity contribution in [1.82, 2.24) is 20.0 Å². The molecule has 4 rings (SSSR count). The lowest BCUT2D eigenvalue weighted by Gasteiger charge is -2.38. The number of rotatable bonds is 6. The van der Waals surface area contributed by atoms with E-state index in [1.54, 1.807) is 12.0 Å². The van der Waals surface area contributed by atoms with E-state index in [9.17, 15) is 9.59 Å². The van der Waals surface area contributed by atoms with Crippen LogP contribution >= 0.6 is 11.8 Å². The highest BCUT2D eigenvalue weighted by atomic mass is 32.2. The molecule has 1 saturated carbocycles. The van der Waals surface area contributed by atoms with E-state index in [0.29, 0.717) is 37.3 Å². The Morgan fingerprint density at radius 2 is 1.79 bits per heavy atom. The third kappa shape index (κ3) is 4.55. The van der Waals surface area contributed by atoms with Gasteiger partial charge in [-0.3, -0.25) is 9.59 Å². The summed E-state index contributed by atoms with van der Waals surface area (Å²) in [7, 11) is 1.61. The Hall–Kier alpha value is -2.55. The van der Waals surface area contributed by atoms with Crippen molar-refractivity contribution in [2.75, 3.05) is 39.0 Å². The number of hydrogen-bond donors (Lipinski definition) is 0. The van der Waals surface area contributed by atoms with Gasteiger partial charge in [-0.1, -0.05) is 18.2 Å². The number of hydrogen-bond acceptors (Lipinski definition) is 7. The maximum Gasteiger partial charge on any atom is 0.277 e. The van der Waals surface area contributed by atoms with E-state index >= 15 is 0 Å². The number of nitrogens with zero attached hydrogens (tertiary/aromatic N) is 4. The average molecular weight is 417 g/mol. The minimum atomic E-state index is 0.0231. The predicted octanol–water partition coefficient (Wildman–Crippen LogP) is 2.31. The molecule has 0 atom stereocenters. The summed E-state index contributed by atoms with van der Waals surface area (Å²) in [5.74, 6) is 1.89. The van der Waals surface area contributed by atoms with E-state index in [1.165, 1.54) is 11.8 Å². The zero-order chi connectivity index (χ0) is 20.2. The van der Waals surface area contributed by atoms with Crippen molar-refractivity contribution in [2.45, 2.75) is 24.5 Å².